The van der Waals surface area contributed by atoms with Crippen LogP contribution in [0.2, 0.25) is 0 Å². The van der Waals surface area contributed by atoms with Crippen molar-refractivity contribution in [2.75, 3.05) is 26.2 Å². The average molecular weight is 441 g/mol. The predicted octanol–water partition coefficient (Wildman–Crippen LogP) is 4.44. The Kier molecular flexibility index (Phi) is 6.40. The highest BCUT2D eigenvalue weighted by molar-refractivity contribution is 6.15. The first kappa shape index (κ1) is 22.5. The molecule has 0 aromatic heterocycles. The molecule has 1 saturated heterocycles. The molecule has 0 aliphatic carbocycles. The smallest absolute Gasteiger partial charge is 0.254 e. The minimum atomic E-state index is -0.176. The molecule has 3 aromatic carbocycles. The van der Waals surface area contributed by atoms with E-state index in [0.29, 0.717) is 48.4 Å². The van der Waals surface area contributed by atoms with Gasteiger partial charge in [-0.25, -0.2) is 0 Å². The number of nitrogens with zero attached hydrogens (tertiary/aromatic N) is 2. The molecule has 1 aliphatic heterocycles. The maximum atomic E-state index is 13.3. The number of rotatable bonds is 4. The van der Waals surface area contributed by atoms with E-state index in [1.807, 2.05) is 57.2 Å². The summed E-state index contributed by atoms with van der Waals surface area (Å²) in [5.41, 5.74) is 5.31. The number of aryl methyl sites for hydroxylation is 3. The fourth-order valence-electron chi connectivity index (χ4n) is 4.07. The Hall–Kier alpha value is -3.73. The Balaban J connectivity index is 1.48. The second kappa shape index (κ2) is 9.41. The van der Waals surface area contributed by atoms with E-state index in [-0.39, 0.29) is 17.6 Å². The summed E-state index contributed by atoms with van der Waals surface area (Å²) in [6, 6.07) is 20.1. The van der Waals surface area contributed by atoms with Crippen molar-refractivity contribution in [2.24, 2.45) is 0 Å². The van der Waals surface area contributed by atoms with E-state index in [1.54, 1.807) is 40.1 Å². The van der Waals surface area contributed by atoms with E-state index in [9.17, 15) is 14.4 Å². The minimum absolute atomic E-state index is 0.0209. The molecular weight excluding hydrogens is 412 g/mol. The first-order valence-corrected chi connectivity index (χ1v) is 11.2. The summed E-state index contributed by atoms with van der Waals surface area (Å²) in [5.74, 6) is -0.354. The molecule has 1 aliphatic rings. The minimum Gasteiger partial charge on any atom is -0.335 e. The maximum absolute atomic E-state index is 13.3. The predicted molar refractivity (Wildman–Crippen MR) is 129 cm³/mol. The Morgan fingerprint density at radius 3 is 1.76 bits per heavy atom. The highest BCUT2D eigenvalue weighted by Gasteiger charge is 2.28. The largest absolute Gasteiger partial charge is 0.335 e. The summed E-state index contributed by atoms with van der Waals surface area (Å²) in [7, 11) is 0. The van der Waals surface area contributed by atoms with Crippen molar-refractivity contribution in [1.29, 1.82) is 0 Å². The van der Waals surface area contributed by atoms with Gasteiger partial charge in [-0.2, -0.15) is 0 Å². The van der Waals surface area contributed by atoms with Crippen LogP contribution in [0, 0.1) is 20.8 Å². The van der Waals surface area contributed by atoms with E-state index in [4.69, 9.17) is 0 Å². The lowest BCUT2D eigenvalue weighted by atomic mass is 9.95. The van der Waals surface area contributed by atoms with Crippen LogP contribution in [-0.2, 0) is 0 Å². The van der Waals surface area contributed by atoms with Crippen LogP contribution >= 0.6 is 0 Å². The Bertz CT molecular complexity index is 1210. The number of carbonyl (C=O) groups excluding carboxylic acids is 3. The van der Waals surface area contributed by atoms with E-state index in [0.717, 1.165) is 16.7 Å². The third-order valence-electron chi connectivity index (χ3n) is 6.32. The molecule has 4 rings (SSSR count). The van der Waals surface area contributed by atoms with Crippen molar-refractivity contribution in [1.82, 2.24) is 9.80 Å². The number of hydrogen-bond acceptors (Lipinski definition) is 3. The quantitative estimate of drug-likeness (QED) is 0.564. The standard InChI is InChI=1S/C28H28N2O3/c1-19-8-11-22(12-9-19)27(32)29-14-16-30(17-15-29)28(33)25-7-5-4-6-24(25)26(31)23-13-10-20(2)21(3)18-23/h4-13,18H,14-17H2,1-3H3. The lowest BCUT2D eigenvalue weighted by Gasteiger charge is -2.35. The van der Waals surface area contributed by atoms with Crippen molar-refractivity contribution in [3.63, 3.8) is 0 Å². The average Bonchev–Trinajstić information content (AvgIpc) is 2.85. The molecule has 0 atom stereocenters. The van der Waals surface area contributed by atoms with Gasteiger partial charge in [0.05, 0.1) is 5.56 Å². The van der Waals surface area contributed by atoms with Gasteiger partial charge in [-0.05, 0) is 56.2 Å². The van der Waals surface area contributed by atoms with Gasteiger partial charge in [-0.15, -0.1) is 0 Å². The van der Waals surface area contributed by atoms with Crippen LogP contribution in [0.5, 0.6) is 0 Å². The summed E-state index contributed by atoms with van der Waals surface area (Å²) in [5, 5.41) is 0. The number of amides is 2. The molecule has 168 valence electrons. The van der Waals surface area contributed by atoms with Gasteiger partial charge >= 0.3 is 0 Å². The summed E-state index contributed by atoms with van der Waals surface area (Å²) in [4.78, 5) is 42.8. The Labute approximate surface area is 194 Å². The summed E-state index contributed by atoms with van der Waals surface area (Å²) in [6.45, 7) is 7.76. The summed E-state index contributed by atoms with van der Waals surface area (Å²) in [6.07, 6.45) is 0. The van der Waals surface area contributed by atoms with Crippen LogP contribution in [0.4, 0.5) is 0 Å². The molecule has 5 nitrogen and oxygen atoms in total. The Morgan fingerprint density at radius 1 is 0.606 bits per heavy atom. The molecule has 0 unspecified atom stereocenters. The second-order valence-electron chi connectivity index (χ2n) is 8.62. The molecule has 0 spiro atoms. The highest BCUT2D eigenvalue weighted by atomic mass is 16.2. The van der Waals surface area contributed by atoms with Crippen LogP contribution in [0.3, 0.4) is 0 Å². The number of ketones is 1. The van der Waals surface area contributed by atoms with Crippen molar-refractivity contribution in [2.45, 2.75) is 20.8 Å². The van der Waals surface area contributed by atoms with E-state index in [2.05, 4.69) is 0 Å². The number of hydrogen-bond donors (Lipinski definition) is 0. The molecule has 0 N–H and O–H groups in total. The zero-order valence-corrected chi connectivity index (χ0v) is 19.3. The van der Waals surface area contributed by atoms with Crippen molar-refractivity contribution in [3.8, 4) is 0 Å². The number of carbonyl (C=O) groups is 3. The second-order valence-corrected chi connectivity index (χ2v) is 8.62. The number of piperazine rings is 1. The monoisotopic (exact) mass is 440 g/mol. The molecule has 1 fully saturated rings. The first-order valence-electron chi connectivity index (χ1n) is 11.2. The molecule has 0 radical (unpaired) electrons. The zero-order valence-electron chi connectivity index (χ0n) is 19.3. The lowest BCUT2D eigenvalue weighted by molar-refractivity contribution is 0.0534. The van der Waals surface area contributed by atoms with Crippen LogP contribution in [0.1, 0.15) is 53.3 Å². The lowest BCUT2D eigenvalue weighted by Crippen LogP contribution is -2.50. The molecule has 3 aromatic rings. The summed E-state index contributed by atoms with van der Waals surface area (Å²) >= 11 is 0. The van der Waals surface area contributed by atoms with Crippen LogP contribution < -0.4 is 0 Å². The SMILES string of the molecule is Cc1ccc(C(=O)N2CCN(C(=O)c3ccccc3C(=O)c3ccc(C)c(C)c3)CC2)cc1. The molecule has 2 amide bonds. The van der Waals surface area contributed by atoms with Gasteiger partial charge in [0.25, 0.3) is 11.8 Å². The fourth-order valence-corrected chi connectivity index (χ4v) is 4.07. The van der Waals surface area contributed by atoms with Gasteiger partial charge in [0.2, 0.25) is 0 Å². The zero-order chi connectivity index (χ0) is 23.5. The topological polar surface area (TPSA) is 57.7 Å². The van der Waals surface area contributed by atoms with Crippen molar-refractivity contribution < 1.29 is 14.4 Å². The van der Waals surface area contributed by atoms with E-state index < -0.39 is 0 Å². The Morgan fingerprint density at radius 2 is 1.15 bits per heavy atom. The molecule has 1 heterocycles. The van der Waals surface area contributed by atoms with E-state index >= 15 is 0 Å². The molecule has 0 saturated carbocycles. The van der Waals surface area contributed by atoms with Gasteiger partial charge in [-0.1, -0.05) is 48.0 Å². The highest BCUT2D eigenvalue weighted by Crippen LogP contribution is 2.20. The van der Waals surface area contributed by atoms with Gasteiger partial charge in [0.15, 0.2) is 5.78 Å². The molecular formula is C28H28N2O3. The van der Waals surface area contributed by atoms with Crippen LogP contribution in [0.15, 0.2) is 66.7 Å². The normalized spacial score (nSPS) is 13.7. The maximum Gasteiger partial charge on any atom is 0.254 e. The number of benzene rings is 3. The van der Waals surface area contributed by atoms with Crippen molar-refractivity contribution >= 4 is 17.6 Å². The molecule has 0 bridgehead atoms. The van der Waals surface area contributed by atoms with Gasteiger partial charge in [-0.3, -0.25) is 14.4 Å². The van der Waals surface area contributed by atoms with Gasteiger partial charge < -0.3 is 9.80 Å². The third-order valence-corrected chi connectivity index (χ3v) is 6.32. The van der Waals surface area contributed by atoms with Crippen molar-refractivity contribution in [3.05, 3.63) is 106 Å². The van der Waals surface area contributed by atoms with E-state index in [1.165, 1.54) is 0 Å². The third kappa shape index (κ3) is 4.72. The van der Waals surface area contributed by atoms with Crippen LogP contribution in [0.25, 0.3) is 0 Å². The fraction of sp³-hybridized carbons (Fsp3) is 0.250. The van der Waals surface area contributed by atoms with Gasteiger partial charge in [0, 0.05) is 42.9 Å². The molecule has 33 heavy (non-hydrogen) atoms. The summed E-state index contributed by atoms with van der Waals surface area (Å²) < 4.78 is 0. The first-order chi connectivity index (χ1) is 15.8. The van der Waals surface area contributed by atoms with Crippen LogP contribution in [-0.4, -0.2) is 53.6 Å². The molecule has 5 heteroatoms. The van der Waals surface area contributed by atoms with Gasteiger partial charge in [0.1, 0.15) is 0 Å².